The third kappa shape index (κ3) is 3.02. The monoisotopic (exact) mass is 211 g/mol. The van der Waals surface area contributed by atoms with Gasteiger partial charge in [0.2, 0.25) is 0 Å². The van der Waals surface area contributed by atoms with Crippen molar-refractivity contribution in [2.75, 3.05) is 0 Å². The Morgan fingerprint density at radius 3 is 2.87 bits per heavy atom. The Morgan fingerprint density at radius 2 is 2.27 bits per heavy atom. The summed E-state index contributed by atoms with van der Waals surface area (Å²) in [6.07, 6.45) is 0.316. The maximum Gasteiger partial charge on any atom is 0.303 e. The van der Waals surface area contributed by atoms with E-state index in [1.807, 2.05) is 0 Å². The van der Waals surface area contributed by atoms with Crippen LogP contribution in [0.2, 0.25) is 0 Å². The number of carboxylic acids is 1. The third-order valence-electron chi connectivity index (χ3n) is 2.38. The number of rotatable bonds is 4. The minimum Gasteiger partial charge on any atom is -0.481 e. The number of benzene rings is 1. The van der Waals surface area contributed by atoms with E-state index in [-0.39, 0.29) is 12.2 Å². The predicted octanol–water partition coefficient (Wildman–Crippen LogP) is 2.00. The molecule has 0 heterocycles. The molecule has 1 aromatic carbocycles. The summed E-state index contributed by atoms with van der Waals surface area (Å²) in [6.45, 7) is 1.64. The summed E-state index contributed by atoms with van der Waals surface area (Å²) < 4.78 is 13.2. The van der Waals surface area contributed by atoms with Crippen molar-refractivity contribution < 1.29 is 14.3 Å². The molecule has 82 valence electrons. The number of carboxylic acid groups (broad SMARTS) is 1. The van der Waals surface area contributed by atoms with E-state index in [9.17, 15) is 9.18 Å². The van der Waals surface area contributed by atoms with Crippen molar-refractivity contribution in [3.63, 3.8) is 0 Å². The quantitative estimate of drug-likeness (QED) is 0.800. The highest BCUT2D eigenvalue weighted by molar-refractivity contribution is 5.66. The van der Waals surface area contributed by atoms with Gasteiger partial charge in [-0.15, -0.1) is 0 Å². The Hall–Kier alpha value is -1.42. The summed E-state index contributed by atoms with van der Waals surface area (Å²) in [5.41, 5.74) is 6.96. The van der Waals surface area contributed by atoms with Gasteiger partial charge in [-0.25, -0.2) is 4.39 Å². The Balaban J connectivity index is 2.77. The van der Waals surface area contributed by atoms with Crippen molar-refractivity contribution in [1.29, 1.82) is 0 Å². The normalized spacial score (nSPS) is 12.5. The van der Waals surface area contributed by atoms with Crippen LogP contribution in [0.5, 0.6) is 0 Å². The predicted molar refractivity (Wildman–Crippen MR) is 54.9 cm³/mol. The van der Waals surface area contributed by atoms with Gasteiger partial charge >= 0.3 is 5.97 Å². The fraction of sp³-hybridized carbons (Fsp3) is 0.364. The zero-order chi connectivity index (χ0) is 11.4. The van der Waals surface area contributed by atoms with Crippen molar-refractivity contribution in [3.05, 3.63) is 35.1 Å². The second-order valence-corrected chi connectivity index (χ2v) is 3.49. The topological polar surface area (TPSA) is 63.3 Å². The highest BCUT2D eigenvalue weighted by atomic mass is 19.1. The second kappa shape index (κ2) is 4.89. The molecule has 1 aromatic rings. The molecule has 0 aliphatic carbocycles. The van der Waals surface area contributed by atoms with Crippen LogP contribution in [-0.2, 0) is 4.79 Å². The molecule has 0 bridgehead atoms. The SMILES string of the molecule is Cc1c(F)cccc1C(N)CCC(=O)O. The van der Waals surface area contributed by atoms with E-state index in [0.717, 1.165) is 0 Å². The van der Waals surface area contributed by atoms with E-state index in [1.54, 1.807) is 19.1 Å². The number of hydrogen-bond acceptors (Lipinski definition) is 2. The van der Waals surface area contributed by atoms with Crippen LogP contribution < -0.4 is 5.73 Å². The van der Waals surface area contributed by atoms with E-state index in [2.05, 4.69) is 0 Å². The van der Waals surface area contributed by atoms with Gasteiger partial charge in [0.1, 0.15) is 5.82 Å². The lowest BCUT2D eigenvalue weighted by Gasteiger charge is -2.13. The van der Waals surface area contributed by atoms with Crippen molar-refractivity contribution in [3.8, 4) is 0 Å². The van der Waals surface area contributed by atoms with Crippen molar-refractivity contribution in [2.45, 2.75) is 25.8 Å². The van der Waals surface area contributed by atoms with Crippen LogP contribution >= 0.6 is 0 Å². The number of carbonyl (C=O) groups is 1. The first-order valence-corrected chi connectivity index (χ1v) is 4.74. The van der Waals surface area contributed by atoms with E-state index in [0.29, 0.717) is 17.5 Å². The lowest BCUT2D eigenvalue weighted by Crippen LogP contribution is -2.14. The molecular formula is C11H14FNO2. The van der Waals surface area contributed by atoms with Gasteiger partial charge in [0.15, 0.2) is 0 Å². The highest BCUT2D eigenvalue weighted by Crippen LogP contribution is 2.21. The Kier molecular flexibility index (Phi) is 3.80. The lowest BCUT2D eigenvalue weighted by molar-refractivity contribution is -0.137. The van der Waals surface area contributed by atoms with Crippen LogP contribution in [0, 0.1) is 12.7 Å². The largest absolute Gasteiger partial charge is 0.481 e. The minimum absolute atomic E-state index is 0.00286. The minimum atomic E-state index is -0.889. The summed E-state index contributed by atoms with van der Waals surface area (Å²) in [7, 11) is 0. The molecule has 0 fully saturated rings. The average molecular weight is 211 g/mol. The summed E-state index contributed by atoms with van der Waals surface area (Å²) in [5, 5.41) is 8.50. The molecule has 0 saturated carbocycles. The van der Waals surface area contributed by atoms with E-state index in [4.69, 9.17) is 10.8 Å². The Labute approximate surface area is 87.7 Å². The summed E-state index contributed by atoms with van der Waals surface area (Å²) >= 11 is 0. The van der Waals surface area contributed by atoms with Gasteiger partial charge < -0.3 is 10.8 Å². The van der Waals surface area contributed by atoms with E-state index >= 15 is 0 Å². The molecule has 0 saturated heterocycles. The molecule has 1 atom stereocenters. The molecule has 1 unspecified atom stereocenters. The third-order valence-corrected chi connectivity index (χ3v) is 2.38. The fourth-order valence-corrected chi connectivity index (χ4v) is 1.46. The second-order valence-electron chi connectivity index (χ2n) is 3.49. The number of aliphatic carboxylic acids is 1. The standard InChI is InChI=1S/C11H14FNO2/c1-7-8(3-2-4-9(7)12)10(13)5-6-11(14)15/h2-4,10H,5-6,13H2,1H3,(H,14,15). The molecule has 1 rings (SSSR count). The molecule has 0 radical (unpaired) electrons. The fourth-order valence-electron chi connectivity index (χ4n) is 1.46. The van der Waals surface area contributed by atoms with Gasteiger partial charge in [-0.1, -0.05) is 12.1 Å². The highest BCUT2D eigenvalue weighted by Gasteiger charge is 2.12. The van der Waals surface area contributed by atoms with E-state index < -0.39 is 12.0 Å². The van der Waals surface area contributed by atoms with Crippen molar-refractivity contribution in [1.82, 2.24) is 0 Å². The van der Waals surface area contributed by atoms with Crippen LogP contribution in [0.15, 0.2) is 18.2 Å². The smallest absolute Gasteiger partial charge is 0.303 e. The number of halogens is 1. The molecule has 3 nitrogen and oxygen atoms in total. The molecule has 4 heteroatoms. The zero-order valence-corrected chi connectivity index (χ0v) is 8.53. The van der Waals surface area contributed by atoms with Gasteiger partial charge in [-0.05, 0) is 30.5 Å². The van der Waals surface area contributed by atoms with Gasteiger partial charge in [-0.2, -0.15) is 0 Å². The lowest BCUT2D eigenvalue weighted by atomic mass is 9.98. The molecule has 0 aliphatic rings. The number of nitrogens with two attached hydrogens (primary N) is 1. The molecule has 0 spiro atoms. The molecule has 0 aromatic heterocycles. The molecular weight excluding hydrogens is 197 g/mol. The maximum absolute atomic E-state index is 13.2. The first-order chi connectivity index (χ1) is 7.02. The van der Waals surface area contributed by atoms with Crippen LogP contribution in [0.3, 0.4) is 0 Å². The van der Waals surface area contributed by atoms with Crippen LogP contribution in [0.4, 0.5) is 4.39 Å². The Bertz CT molecular complexity index is 366. The average Bonchev–Trinajstić information content (AvgIpc) is 2.18. The van der Waals surface area contributed by atoms with Crippen LogP contribution in [0.25, 0.3) is 0 Å². The summed E-state index contributed by atoms with van der Waals surface area (Å²) in [5.74, 6) is -1.20. The Morgan fingerprint density at radius 1 is 1.60 bits per heavy atom. The van der Waals surface area contributed by atoms with Gasteiger partial charge in [0, 0.05) is 12.5 Å². The first kappa shape index (κ1) is 11.7. The van der Waals surface area contributed by atoms with Crippen molar-refractivity contribution >= 4 is 5.97 Å². The van der Waals surface area contributed by atoms with Gasteiger partial charge in [-0.3, -0.25) is 4.79 Å². The maximum atomic E-state index is 13.2. The first-order valence-electron chi connectivity index (χ1n) is 4.74. The molecule has 15 heavy (non-hydrogen) atoms. The van der Waals surface area contributed by atoms with Crippen LogP contribution in [-0.4, -0.2) is 11.1 Å². The molecule has 0 aliphatic heterocycles. The van der Waals surface area contributed by atoms with E-state index in [1.165, 1.54) is 6.07 Å². The molecule has 0 amide bonds. The summed E-state index contributed by atoms with van der Waals surface area (Å²) in [4.78, 5) is 10.4. The zero-order valence-electron chi connectivity index (χ0n) is 8.53. The van der Waals surface area contributed by atoms with Gasteiger partial charge in [0.05, 0.1) is 0 Å². The van der Waals surface area contributed by atoms with Crippen molar-refractivity contribution in [2.24, 2.45) is 5.73 Å². The number of hydrogen-bond donors (Lipinski definition) is 2. The summed E-state index contributed by atoms with van der Waals surface area (Å²) in [6, 6.07) is 4.25. The molecule has 3 N–H and O–H groups in total. The van der Waals surface area contributed by atoms with Gasteiger partial charge in [0.25, 0.3) is 0 Å². The van der Waals surface area contributed by atoms with Crippen LogP contribution in [0.1, 0.15) is 30.0 Å².